The molecule has 5 N–H and O–H groups in total. The zero-order chi connectivity index (χ0) is 73.8. The lowest BCUT2D eigenvalue weighted by Crippen LogP contribution is -2.61. The zero-order valence-electron chi connectivity index (χ0n) is 61.8. The number of carbonyl (C=O) groups is 6. The van der Waals surface area contributed by atoms with Gasteiger partial charge < -0.3 is 59.4 Å². The maximum Gasteiger partial charge on any atom is 0.329 e. The number of rotatable bonds is 13. The highest BCUT2D eigenvalue weighted by atomic mass is 16.6. The number of aromatic nitrogens is 3. The highest BCUT2D eigenvalue weighted by Gasteiger charge is 2.53. The minimum Gasteiger partial charge on any atom is -0.460 e. The van der Waals surface area contributed by atoms with Gasteiger partial charge in [-0.15, -0.1) is 0 Å². The average molecular weight is 1410 g/mol. The second-order valence-electron chi connectivity index (χ2n) is 29.0. The third-order valence-electron chi connectivity index (χ3n) is 21.1. The normalized spacial score (nSPS) is 31.0. The SMILES string of the molecule is CO[C@H]1C[C@@H]2CC[C@@H](C)[C@@](O)(O2)C(=O)C(=O)N2CCCC[C@H]2C(=O)O[C@H]([C@H](C)C[C@@H]2CC[C@@H](O)[C@H](OC)C2)CC(=O)[C@H](C)/C=C(\C)[C@@H](O)[C@@H](OC)C(=O)[C@H](C)C[C@H](C)/C=C/C=C/C=C/1C.Cc1ccc(NC(=O)c2ccc(CN3CCN(C)CC3)cc2)cc1Nc1nccc(-c2cccnc2)n1. The standard InChI is InChI=1S/C51H79NO13.C29H31N7O/c1-30-16-12-11-13-17-31(2)42(61-8)28-38-21-19-36(7)51(60,65-38)48(57)49(58)52-23-15-14-18-39(52)50(59)64-43(33(4)26-37-20-22-40(53)44(27-37)62-9)29-41(54)32(3)25-35(6)46(56)47(63-10)45(55)34(5)24-30;1-21-5-10-25(18-27(21)34-29-31-13-11-26(33-29)24-4-3-12-30-19-24)32-28(37)23-8-6-22(7-9-23)20-36-16-14-35(2)15-17-36/h11-13,16-17,25,30,32-34,36-40,42-44,46-47,53,56,60H,14-15,18-24,26-29H2,1-10H3;3-13,18-19H,14-17,20H2,1-2H3,(H,32,37)(H,31,33,34)/b13-11+,16-12+,31-17+,35-25+;/t30-,32-,33-,34-,36-,37+,38+,39+,40-,42+,43+,44-,46-,47+,51-;/m1./s1. The molecule has 5 aliphatic rings. The van der Waals surface area contributed by atoms with E-state index in [4.69, 9.17) is 23.7 Å². The van der Waals surface area contributed by atoms with Crippen molar-refractivity contribution in [3.63, 3.8) is 0 Å². The van der Waals surface area contributed by atoms with E-state index in [9.17, 15) is 44.1 Å². The number of nitrogens with zero attached hydrogens (tertiary/aromatic N) is 6. The third kappa shape index (κ3) is 22.0. The molecule has 0 unspecified atom stereocenters. The lowest BCUT2D eigenvalue weighted by molar-refractivity contribution is -0.265. The van der Waals surface area contributed by atoms with Gasteiger partial charge in [0.1, 0.15) is 30.1 Å². The van der Waals surface area contributed by atoms with Gasteiger partial charge in [-0.3, -0.25) is 33.9 Å². The summed E-state index contributed by atoms with van der Waals surface area (Å²) in [5.74, 6) is -7.63. The van der Waals surface area contributed by atoms with Crippen LogP contribution >= 0.6 is 0 Å². The van der Waals surface area contributed by atoms with Crippen LogP contribution in [0.25, 0.3) is 11.3 Å². The summed E-state index contributed by atoms with van der Waals surface area (Å²) in [6.45, 7) is 20.0. The summed E-state index contributed by atoms with van der Waals surface area (Å²) in [4.78, 5) is 103. The van der Waals surface area contributed by atoms with E-state index < -0.39 is 83.9 Å². The van der Waals surface area contributed by atoms with Crippen LogP contribution in [0.1, 0.15) is 147 Å². The van der Waals surface area contributed by atoms with Crippen LogP contribution in [0.2, 0.25) is 0 Å². The van der Waals surface area contributed by atoms with E-state index in [0.717, 1.165) is 67.2 Å². The summed E-state index contributed by atoms with van der Waals surface area (Å²) in [5, 5.41) is 40.1. The number of fused-ring (bicyclic) bond motifs is 3. The van der Waals surface area contributed by atoms with Gasteiger partial charge in [0.15, 0.2) is 5.78 Å². The lowest BCUT2D eigenvalue weighted by atomic mass is 9.78. The number of hydrogen-bond acceptors (Lipinski definition) is 20. The van der Waals surface area contributed by atoms with Crippen molar-refractivity contribution in [2.45, 2.75) is 194 Å². The smallest absolute Gasteiger partial charge is 0.329 e. The van der Waals surface area contributed by atoms with Crippen molar-refractivity contribution in [1.82, 2.24) is 29.7 Å². The highest BCUT2D eigenvalue weighted by Crippen LogP contribution is 2.38. The molecule has 2 amide bonds. The molecule has 22 nitrogen and oxygen atoms in total. The summed E-state index contributed by atoms with van der Waals surface area (Å²) in [5.41, 5.74) is 7.35. The predicted octanol–water partition coefficient (Wildman–Crippen LogP) is 10.8. The van der Waals surface area contributed by atoms with Gasteiger partial charge in [0.25, 0.3) is 17.6 Å². The molecule has 4 aliphatic heterocycles. The minimum absolute atomic E-state index is 0.0193. The number of piperazine rings is 1. The van der Waals surface area contributed by atoms with Crippen molar-refractivity contribution in [2.24, 2.45) is 35.5 Å². The van der Waals surface area contributed by atoms with E-state index in [2.05, 4.69) is 42.4 Å². The van der Waals surface area contributed by atoms with Crippen LogP contribution in [0.5, 0.6) is 0 Å². The summed E-state index contributed by atoms with van der Waals surface area (Å²) in [6, 6.07) is 18.2. The number of methoxy groups -OCH3 is 3. The molecule has 0 spiro atoms. The molecule has 15 atom stereocenters. The van der Waals surface area contributed by atoms with Crippen LogP contribution in [0.3, 0.4) is 0 Å². The number of benzene rings is 2. The number of ketones is 3. The first-order chi connectivity index (χ1) is 48.8. The summed E-state index contributed by atoms with van der Waals surface area (Å²) in [7, 11) is 6.68. The molecule has 4 fully saturated rings. The fraction of sp³-hybridized carbons (Fsp3) is 0.562. The Morgan fingerprint density at radius 2 is 1.56 bits per heavy atom. The molecular weight excluding hydrogens is 1300 g/mol. The van der Waals surface area contributed by atoms with E-state index in [1.807, 2.05) is 126 Å². The number of amides is 2. The van der Waals surface area contributed by atoms with Gasteiger partial charge in [-0.05, 0) is 175 Å². The number of aryl methyl sites for hydroxylation is 1. The Hall–Kier alpha value is -7.51. The molecule has 554 valence electrons. The number of allylic oxidation sites excluding steroid dienone is 6. The number of anilines is 3. The van der Waals surface area contributed by atoms with Gasteiger partial charge in [-0.1, -0.05) is 89.3 Å². The number of cyclic esters (lactones) is 1. The van der Waals surface area contributed by atoms with Crippen molar-refractivity contribution in [1.29, 1.82) is 0 Å². The Balaban J connectivity index is 0.000000299. The van der Waals surface area contributed by atoms with E-state index >= 15 is 0 Å². The largest absolute Gasteiger partial charge is 0.460 e. The topological polar surface area (TPSA) is 282 Å². The quantitative estimate of drug-likeness (QED) is 0.0472. The number of carbonyl (C=O) groups excluding carboxylic acids is 6. The number of Topliss-reactive ketones (excluding diaryl/α,β-unsaturated/α-hetero) is 3. The molecule has 2 aromatic heterocycles. The van der Waals surface area contributed by atoms with E-state index in [-0.39, 0.29) is 60.7 Å². The van der Waals surface area contributed by atoms with Crippen LogP contribution in [0.15, 0.2) is 127 Å². The molecule has 22 heteroatoms. The number of pyridine rings is 1. The fourth-order valence-electron chi connectivity index (χ4n) is 14.4. The Morgan fingerprint density at radius 3 is 2.26 bits per heavy atom. The molecule has 102 heavy (non-hydrogen) atoms. The maximum absolute atomic E-state index is 14.4. The molecule has 2 aromatic carbocycles. The monoisotopic (exact) mass is 1410 g/mol. The molecule has 9 rings (SSSR count). The number of aliphatic hydroxyl groups excluding tert-OH is 2. The number of hydrogen-bond donors (Lipinski definition) is 5. The Kier molecular flexibility index (Phi) is 30.1. The molecule has 0 radical (unpaired) electrons. The Labute approximate surface area is 602 Å². The molecule has 4 aromatic rings. The first-order valence-corrected chi connectivity index (χ1v) is 36.4. The Bertz CT molecular complexity index is 3580. The second-order valence-corrected chi connectivity index (χ2v) is 29.0. The van der Waals surface area contributed by atoms with Gasteiger partial charge in [0.05, 0.1) is 30.1 Å². The van der Waals surface area contributed by atoms with Crippen molar-refractivity contribution in [2.75, 3.05) is 71.7 Å². The summed E-state index contributed by atoms with van der Waals surface area (Å²) in [6.07, 6.45) is 16.4. The van der Waals surface area contributed by atoms with E-state index in [1.54, 1.807) is 59.7 Å². The van der Waals surface area contributed by atoms with Gasteiger partial charge in [-0.2, -0.15) is 0 Å². The van der Waals surface area contributed by atoms with Gasteiger partial charge in [-0.25, -0.2) is 14.8 Å². The van der Waals surface area contributed by atoms with Gasteiger partial charge in [0.2, 0.25) is 11.7 Å². The summed E-state index contributed by atoms with van der Waals surface area (Å²) < 4.78 is 29.4. The number of likely N-dealkylation sites (N-methyl/N-ethyl adjacent to an activating group) is 1. The van der Waals surface area contributed by atoms with Crippen LogP contribution < -0.4 is 10.6 Å². The molecule has 1 saturated carbocycles. The first-order valence-electron chi connectivity index (χ1n) is 36.4. The minimum atomic E-state index is -2.43. The van der Waals surface area contributed by atoms with Crippen molar-refractivity contribution < 1.29 is 67.8 Å². The second kappa shape index (κ2) is 38.3. The fourth-order valence-corrected chi connectivity index (χ4v) is 14.4. The van der Waals surface area contributed by atoms with Gasteiger partial charge >= 0.3 is 5.97 Å². The highest BCUT2D eigenvalue weighted by molar-refractivity contribution is 6.39. The summed E-state index contributed by atoms with van der Waals surface area (Å²) >= 11 is 0. The number of piperidine rings is 1. The maximum atomic E-state index is 14.4. The number of esters is 1. The molecule has 3 saturated heterocycles. The third-order valence-corrected chi connectivity index (χ3v) is 21.1. The lowest BCUT2D eigenvalue weighted by Gasteiger charge is -2.42. The van der Waals surface area contributed by atoms with Crippen molar-refractivity contribution >= 4 is 52.5 Å². The molecule has 1 aliphatic carbocycles. The van der Waals surface area contributed by atoms with E-state index in [0.29, 0.717) is 80.6 Å². The first kappa shape index (κ1) is 80.2. The molecule has 6 heterocycles. The van der Waals surface area contributed by atoms with Crippen LogP contribution in [-0.2, 0) is 54.2 Å². The van der Waals surface area contributed by atoms with Crippen molar-refractivity contribution in [3.05, 3.63) is 144 Å². The van der Waals surface area contributed by atoms with Crippen LogP contribution in [0, 0.1) is 42.4 Å². The van der Waals surface area contributed by atoms with E-state index in [1.165, 1.54) is 17.6 Å². The van der Waals surface area contributed by atoms with Crippen LogP contribution in [0.4, 0.5) is 17.3 Å². The number of ether oxygens (including phenoxy) is 5. The Morgan fingerprint density at radius 1 is 0.804 bits per heavy atom. The van der Waals surface area contributed by atoms with Crippen LogP contribution in [-0.4, -0.2) is 196 Å². The average Bonchev–Trinajstić information content (AvgIpc) is 0.774. The number of nitrogens with one attached hydrogen (secondary N) is 2. The van der Waals surface area contributed by atoms with Gasteiger partial charge in [0, 0.05) is 132 Å². The molecular formula is C80H110N8O14. The predicted molar refractivity (Wildman–Crippen MR) is 392 cm³/mol. The number of aliphatic hydroxyl groups is 3. The van der Waals surface area contributed by atoms with Crippen molar-refractivity contribution in [3.8, 4) is 11.3 Å². The zero-order valence-corrected chi connectivity index (χ0v) is 61.8. The molecule has 2 bridgehead atoms.